The fourth-order valence-corrected chi connectivity index (χ4v) is 3.51. The summed E-state index contributed by atoms with van der Waals surface area (Å²) in [5, 5.41) is 5.28. The molecule has 1 aliphatic rings. The smallest absolute Gasteiger partial charge is 0.266 e. The maximum absolute atomic E-state index is 13.4. The number of aryl methyl sites for hydroxylation is 2. The summed E-state index contributed by atoms with van der Waals surface area (Å²) in [5.41, 5.74) is 0.742. The highest BCUT2D eigenvalue weighted by Crippen LogP contribution is 2.43. The van der Waals surface area contributed by atoms with E-state index in [0.29, 0.717) is 29.7 Å². The van der Waals surface area contributed by atoms with E-state index in [0.717, 1.165) is 5.69 Å². The first-order valence-electron chi connectivity index (χ1n) is 7.99. The summed E-state index contributed by atoms with van der Waals surface area (Å²) in [6.07, 6.45) is -0.932. The number of fused-ring (bicyclic) bond motifs is 1. The molecule has 24 heavy (non-hydrogen) atoms. The van der Waals surface area contributed by atoms with Gasteiger partial charge in [0.15, 0.2) is 5.65 Å². The molecule has 0 aromatic carbocycles. The van der Waals surface area contributed by atoms with Gasteiger partial charge in [0.05, 0.1) is 0 Å². The van der Waals surface area contributed by atoms with E-state index in [1.54, 1.807) is 13.8 Å². The zero-order chi connectivity index (χ0) is 17.5. The normalized spacial score (nSPS) is 16.9. The Labute approximate surface area is 137 Å². The Hall–Kier alpha value is -2.25. The number of nitrogens with one attached hydrogen (secondary N) is 2. The summed E-state index contributed by atoms with van der Waals surface area (Å²) < 4.78 is 28.4. The average molecular weight is 338 g/mol. The van der Waals surface area contributed by atoms with Crippen molar-refractivity contribution < 1.29 is 13.6 Å². The van der Waals surface area contributed by atoms with Crippen LogP contribution in [-0.4, -0.2) is 26.9 Å². The number of hydrogen-bond donors (Lipinski definition) is 2. The van der Waals surface area contributed by atoms with Crippen LogP contribution in [0.5, 0.6) is 0 Å². The van der Waals surface area contributed by atoms with Crippen LogP contribution in [0.2, 0.25) is 0 Å². The van der Waals surface area contributed by atoms with E-state index in [-0.39, 0.29) is 24.9 Å². The number of H-pyrrole nitrogens is 1. The predicted molar refractivity (Wildman–Crippen MR) is 84.0 cm³/mol. The SMILES string of the molecule is Cc1nc2cc(=O)[nH]n2c(C)c1CNC(=O)C1(C(F)F)CCCC1. The van der Waals surface area contributed by atoms with E-state index in [4.69, 9.17) is 0 Å². The third-order valence-electron chi connectivity index (χ3n) is 4.99. The molecule has 6 nitrogen and oxygen atoms in total. The predicted octanol–water partition coefficient (Wildman–Crippen LogP) is 2.08. The Morgan fingerprint density at radius 2 is 2.08 bits per heavy atom. The Bertz CT molecular complexity index is 834. The van der Waals surface area contributed by atoms with Gasteiger partial charge in [-0.25, -0.2) is 18.3 Å². The first-order valence-corrected chi connectivity index (χ1v) is 7.99. The van der Waals surface area contributed by atoms with Crippen LogP contribution in [0.1, 0.15) is 42.6 Å². The molecule has 2 N–H and O–H groups in total. The van der Waals surface area contributed by atoms with Crippen LogP contribution >= 0.6 is 0 Å². The Morgan fingerprint density at radius 3 is 2.71 bits per heavy atom. The lowest BCUT2D eigenvalue weighted by Crippen LogP contribution is -2.44. The summed E-state index contributed by atoms with van der Waals surface area (Å²) in [7, 11) is 0. The van der Waals surface area contributed by atoms with E-state index in [1.165, 1.54) is 10.6 Å². The maximum atomic E-state index is 13.4. The first-order chi connectivity index (χ1) is 11.3. The quantitative estimate of drug-likeness (QED) is 0.896. The van der Waals surface area contributed by atoms with Gasteiger partial charge in [0, 0.05) is 29.6 Å². The fraction of sp³-hybridized carbons (Fsp3) is 0.562. The highest BCUT2D eigenvalue weighted by molar-refractivity contribution is 5.83. The van der Waals surface area contributed by atoms with Gasteiger partial charge in [-0.2, -0.15) is 0 Å². The van der Waals surface area contributed by atoms with Crippen molar-refractivity contribution in [1.29, 1.82) is 0 Å². The van der Waals surface area contributed by atoms with Crippen molar-refractivity contribution in [2.24, 2.45) is 5.41 Å². The van der Waals surface area contributed by atoms with Crippen molar-refractivity contribution in [3.05, 3.63) is 33.4 Å². The van der Waals surface area contributed by atoms with Crippen LogP contribution in [0.25, 0.3) is 5.65 Å². The summed E-state index contributed by atoms with van der Waals surface area (Å²) in [4.78, 5) is 28.2. The number of carbonyl (C=O) groups excluding carboxylic acids is 1. The summed E-state index contributed by atoms with van der Waals surface area (Å²) in [6, 6.07) is 1.38. The van der Waals surface area contributed by atoms with Gasteiger partial charge in [0.25, 0.3) is 12.0 Å². The highest BCUT2D eigenvalue weighted by Gasteiger charge is 2.48. The van der Waals surface area contributed by atoms with Gasteiger partial charge >= 0.3 is 0 Å². The number of halogens is 2. The molecule has 1 fully saturated rings. The van der Waals surface area contributed by atoms with Crippen molar-refractivity contribution in [1.82, 2.24) is 19.9 Å². The molecule has 0 aliphatic heterocycles. The monoisotopic (exact) mass is 338 g/mol. The van der Waals surface area contributed by atoms with E-state index in [9.17, 15) is 18.4 Å². The molecule has 0 saturated heterocycles. The molecule has 8 heteroatoms. The lowest BCUT2D eigenvalue weighted by molar-refractivity contribution is -0.140. The minimum atomic E-state index is -2.66. The number of alkyl halides is 2. The summed E-state index contributed by atoms with van der Waals surface area (Å²) >= 11 is 0. The molecule has 1 amide bonds. The molecule has 3 rings (SSSR count). The molecule has 1 aliphatic carbocycles. The molecule has 0 atom stereocenters. The third-order valence-corrected chi connectivity index (χ3v) is 4.99. The Balaban J connectivity index is 1.85. The topological polar surface area (TPSA) is 79.3 Å². The molecular weight excluding hydrogens is 318 g/mol. The van der Waals surface area contributed by atoms with E-state index in [1.807, 2.05) is 0 Å². The van der Waals surface area contributed by atoms with Gasteiger partial charge in [0.2, 0.25) is 5.91 Å². The van der Waals surface area contributed by atoms with Crippen LogP contribution < -0.4 is 10.9 Å². The second kappa shape index (κ2) is 5.99. The molecule has 0 radical (unpaired) electrons. The second-order valence-corrected chi connectivity index (χ2v) is 6.42. The summed E-state index contributed by atoms with van der Waals surface area (Å²) in [6.45, 7) is 3.66. The molecule has 0 spiro atoms. The second-order valence-electron chi connectivity index (χ2n) is 6.42. The minimum Gasteiger partial charge on any atom is -0.351 e. The highest BCUT2D eigenvalue weighted by atomic mass is 19.3. The zero-order valence-electron chi connectivity index (χ0n) is 13.7. The molecule has 0 unspecified atom stereocenters. The van der Waals surface area contributed by atoms with Crippen molar-refractivity contribution >= 4 is 11.6 Å². The van der Waals surface area contributed by atoms with Gasteiger partial charge in [-0.3, -0.25) is 14.7 Å². The van der Waals surface area contributed by atoms with Crippen LogP contribution in [0.15, 0.2) is 10.9 Å². The van der Waals surface area contributed by atoms with Gasteiger partial charge in [-0.1, -0.05) is 12.8 Å². The van der Waals surface area contributed by atoms with Crippen LogP contribution in [0.4, 0.5) is 8.78 Å². The van der Waals surface area contributed by atoms with Crippen molar-refractivity contribution in [2.75, 3.05) is 0 Å². The Morgan fingerprint density at radius 1 is 1.42 bits per heavy atom. The van der Waals surface area contributed by atoms with Crippen molar-refractivity contribution in [3.8, 4) is 0 Å². The van der Waals surface area contributed by atoms with Gasteiger partial charge in [-0.05, 0) is 26.7 Å². The molecule has 2 aromatic rings. The number of aromatic nitrogens is 3. The lowest BCUT2D eigenvalue weighted by Gasteiger charge is -2.26. The molecule has 2 heterocycles. The van der Waals surface area contributed by atoms with Crippen LogP contribution in [0.3, 0.4) is 0 Å². The zero-order valence-corrected chi connectivity index (χ0v) is 13.7. The van der Waals surface area contributed by atoms with E-state index in [2.05, 4.69) is 15.4 Å². The number of hydrogen-bond acceptors (Lipinski definition) is 3. The summed E-state index contributed by atoms with van der Waals surface area (Å²) in [5.74, 6) is -0.602. The number of aromatic amines is 1. The number of amides is 1. The molecule has 130 valence electrons. The van der Waals surface area contributed by atoms with Gasteiger partial charge < -0.3 is 5.32 Å². The third kappa shape index (κ3) is 2.59. The largest absolute Gasteiger partial charge is 0.351 e. The number of nitrogens with zero attached hydrogens (tertiary/aromatic N) is 2. The van der Waals surface area contributed by atoms with Crippen LogP contribution in [0, 0.1) is 19.3 Å². The lowest BCUT2D eigenvalue weighted by atomic mass is 9.85. The maximum Gasteiger partial charge on any atom is 0.266 e. The van der Waals surface area contributed by atoms with Gasteiger partial charge in [-0.15, -0.1) is 0 Å². The standard InChI is InChI=1S/C16H20F2N4O2/c1-9-11(10(2)22-12(20-9)7-13(23)21-22)8-19-15(24)16(14(17)18)5-3-4-6-16/h7,14H,3-6,8H2,1-2H3,(H,19,24)(H,21,23). The van der Waals surface area contributed by atoms with E-state index >= 15 is 0 Å². The van der Waals surface area contributed by atoms with Crippen molar-refractivity contribution in [3.63, 3.8) is 0 Å². The van der Waals surface area contributed by atoms with Crippen LogP contribution in [-0.2, 0) is 11.3 Å². The number of rotatable bonds is 4. The van der Waals surface area contributed by atoms with Gasteiger partial charge in [0.1, 0.15) is 5.41 Å². The van der Waals surface area contributed by atoms with Crippen molar-refractivity contribution in [2.45, 2.75) is 52.5 Å². The first kappa shape index (κ1) is 16.6. The molecule has 2 aromatic heterocycles. The Kier molecular flexibility index (Phi) is 4.15. The fourth-order valence-electron chi connectivity index (χ4n) is 3.51. The minimum absolute atomic E-state index is 0.105. The van der Waals surface area contributed by atoms with E-state index < -0.39 is 17.7 Å². The molecule has 0 bridgehead atoms. The average Bonchev–Trinajstić information content (AvgIpc) is 3.14. The molecular formula is C16H20F2N4O2. The molecule has 1 saturated carbocycles. The number of carbonyl (C=O) groups is 1.